The van der Waals surface area contributed by atoms with E-state index in [0.717, 1.165) is 17.5 Å². The minimum absolute atomic E-state index is 0.554. The summed E-state index contributed by atoms with van der Waals surface area (Å²) in [5.41, 5.74) is 0. The number of rotatable bonds is 5. The van der Waals surface area contributed by atoms with Crippen LogP contribution in [0.5, 0.6) is 5.75 Å². The third-order valence-electron chi connectivity index (χ3n) is 3.83. The van der Waals surface area contributed by atoms with E-state index in [0.29, 0.717) is 12.6 Å². The molecule has 3 heteroatoms. The van der Waals surface area contributed by atoms with Gasteiger partial charge in [0.05, 0.1) is 6.61 Å². The van der Waals surface area contributed by atoms with Crippen molar-refractivity contribution >= 4 is 5.82 Å². The summed E-state index contributed by atoms with van der Waals surface area (Å²) in [5.74, 6) is 2.56. The van der Waals surface area contributed by atoms with Gasteiger partial charge >= 0.3 is 0 Å². The highest BCUT2D eigenvalue weighted by Crippen LogP contribution is 2.31. The summed E-state index contributed by atoms with van der Waals surface area (Å²) >= 11 is 0. The molecule has 3 nitrogen and oxygen atoms in total. The molecule has 1 N–H and O–H groups in total. The van der Waals surface area contributed by atoms with Gasteiger partial charge in [0.1, 0.15) is 0 Å². The number of hydrogen-bond donors (Lipinski definition) is 1. The van der Waals surface area contributed by atoms with Gasteiger partial charge in [0.25, 0.3) is 0 Å². The van der Waals surface area contributed by atoms with Gasteiger partial charge in [-0.05, 0) is 37.8 Å². The summed E-state index contributed by atoms with van der Waals surface area (Å²) in [6.07, 6.45) is 8.36. The van der Waals surface area contributed by atoms with Crippen molar-refractivity contribution in [3.63, 3.8) is 0 Å². The zero-order chi connectivity index (χ0) is 12.8. The molecule has 2 rings (SSSR count). The maximum Gasteiger partial charge on any atom is 0.168 e. The Morgan fingerprint density at radius 3 is 2.94 bits per heavy atom. The first-order valence-corrected chi connectivity index (χ1v) is 7.19. The Bertz CT molecular complexity index is 367. The zero-order valence-electron chi connectivity index (χ0n) is 11.5. The molecule has 100 valence electrons. The van der Waals surface area contributed by atoms with Gasteiger partial charge < -0.3 is 10.1 Å². The van der Waals surface area contributed by atoms with E-state index in [1.165, 1.54) is 32.1 Å². The Labute approximate surface area is 110 Å². The van der Waals surface area contributed by atoms with Crippen LogP contribution < -0.4 is 10.1 Å². The van der Waals surface area contributed by atoms with Crippen molar-refractivity contribution in [3.8, 4) is 5.75 Å². The summed E-state index contributed by atoms with van der Waals surface area (Å²) in [7, 11) is 0. The third-order valence-corrected chi connectivity index (χ3v) is 3.83. The maximum atomic E-state index is 5.62. The number of ether oxygens (including phenoxy) is 1. The highest BCUT2D eigenvalue weighted by Gasteiger charge is 2.24. The molecule has 0 amide bonds. The second kappa shape index (κ2) is 6.62. The van der Waals surface area contributed by atoms with E-state index in [9.17, 15) is 0 Å². The van der Waals surface area contributed by atoms with Crippen LogP contribution in [0, 0.1) is 5.92 Å². The molecule has 2 unspecified atom stereocenters. The molecular weight excluding hydrogens is 224 g/mol. The molecule has 18 heavy (non-hydrogen) atoms. The van der Waals surface area contributed by atoms with Crippen molar-refractivity contribution in [3.05, 3.63) is 18.3 Å². The second-order valence-electron chi connectivity index (χ2n) is 4.99. The second-order valence-corrected chi connectivity index (χ2v) is 4.99. The predicted molar refractivity (Wildman–Crippen MR) is 75.1 cm³/mol. The molecule has 1 aromatic rings. The Hall–Kier alpha value is -1.25. The minimum atomic E-state index is 0.554. The van der Waals surface area contributed by atoms with E-state index >= 15 is 0 Å². The average Bonchev–Trinajstić information content (AvgIpc) is 2.42. The van der Waals surface area contributed by atoms with Crippen molar-refractivity contribution in [1.82, 2.24) is 4.98 Å². The van der Waals surface area contributed by atoms with Crippen molar-refractivity contribution in [2.45, 2.75) is 52.0 Å². The van der Waals surface area contributed by atoms with Crippen LogP contribution >= 0.6 is 0 Å². The van der Waals surface area contributed by atoms with Crippen LogP contribution in [0.3, 0.4) is 0 Å². The van der Waals surface area contributed by atoms with Crippen molar-refractivity contribution in [1.29, 1.82) is 0 Å². The first-order chi connectivity index (χ1) is 8.85. The van der Waals surface area contributed by atoms with Crippen LogP contribution in [-0.4, -0.2) is 17.6 Å². The zero-order valence-corrected chi connectivity index (χ0v) is 11.5. The molecule has 1 fully saturated rings. The fraction of sp³-hybridized carbons (Fsp3) is 0.667. The number of hydrogen-bond acceptors (Lipinski definition) is 3. The average molecular weight is 248 g/mol. The Morgan fingerprint density at radius 2 is 2.17 bits per heavy atom. The Morgan fingerprint density at radius 1 is 1.33 bits per heavy atom. The summed E-state index contributed by atoms with van der Waals surface area (Å²) in [6.45, 7) is 4.97. The molecule has 0 bridgehead atoms. The van der Waals surface area contributed by atoms with Gasteiger partial charge in [0.15, 0.2) is 11.6 Å². The first kappa shape index (κ1) is 13.2. The fourth-order valence-corrected chi connectivity index (χ4v) is 2.83. The lowest BCUT2D eigenvalue weighted by atomic mass is 9.83. The molecular formula is C15H24N2O. The Kier molecular flexibility index (Phi) is 4.85. The standard InChI is InChI=1S/C15H24N2O/c1-3-12-8-5-6-9-13(12)17-15-14(18-4-2)10-7-11-16-15/h7,10-13H,3-6,8-9H2,1-2H3,(H,16,17). The van der Waals surface area contributed by atoms with Crippen molar-refractivity contribution in [2.75, 3.05) is 11.9 Å². The molecule has 1 saturated carbocycles. The van der Waals surface area contributed by atoms with Crippen LogP contribution in [0.15, 0.2) is 18.3 Å². The molecule has 1 aliphatic carbocycles. The van der Waals surface area contributed by atoms with Crippen LogP contribution in [0.25, 0.3) is 0 Å². The van der Waals surface area contributed by atoms with E-state index in [1.807, 2.05) is 25.3 Å². The monoisotopic (exact) mass is 248 g/mol. The summed E-state index contributed by atoms with van der Waals surface area (Å²) in [5, 5.41) is 3.60. The minimum Gasteiger partial charge on any atom is -0.490 e. The van der Waals surface area contributed by atoms with Gasteiger partial charge in [-0.1, -0.05) is 26.2 Å². The summed E-state index contributed by atoms with van der Waals surface area (Å²) in [6, 6.07) is 4.47. The van der Waals surface area contributed by atoms with Crippen molar-refractivity contribution < 1.29 is 4.74 Å². The number of nitrogens with zero attached hydrogens (tertiary/aromatic N) is 1. The number of pyridine rings is 1. The SMILES string of the molecule is CCOc1cccnc1NC1CCCCC1CC. The van der Waals surface area contributed by atoms with Crippen LogP contribution in [-0.2, 0) is 0 Å². The number of aromatic nitrogens is 1. The highest BCUT2D eigenvalue weighted by molar-refractivity contribution is 5.50. The smallest absolute Gasteiger partial charge is 0.168 e. The highest BCUT2D eigenvalue weighted by atomic mass is 16.5. The molecule has 0 aliphatic heterocycles. The largest absolute Gasteiger partial charge is 0.490 e. The maximum absolute atomic E-state index is 5.62. The van der Waals surface area contributed by atoms with E-state index in [4.69, 9.17) is 4.74 Å². The molecule has 1 heterocycles. The van der Waals surface area contributed by atoms with E-state index in [-0.39, 0.29) is 0 Å². The van der Waals surface area contributed by atoms with E-state index in [2.05, 4.69) is 17.2 Å². The number of nitrogens with one attached hydrogen (secondary N) is 1. The van der Waals surface area contributed by atoms with Gasteiger partial charge in [0, 0.05) is 12.2 Å². The van der Waals surface area contributed by atoms with Gasteiger partial charge in [0.2, 0.25) is 0 Å². The lowest BCUT2D eigenvalue weighted by Crippen LogP contribution is -2.32. The molecule has 1 aromatic heterocycles. The van der Waals surface area contributed by atoms with Crippen LogP contribution in [0.1, 0.15) is 46.0 Å². The summed E-state index contributed by atoms with van der Waals surface area (Å²) < 4.78 is 5.62. The van der Waals surface area contributed by atoms with Gasteiger partial charge in [-0.2, -0.15) is 0 Å². The fourth-order valence-electron chi connectivity index (χ4n) is 2.83. The first-order valence-electron chi connectivity index (χ1n) is 7.19. The van der Waals surface area contributed by atoms with Crippen LogP contribution in [0.2, 0.25) is 0 Å². The topological polar surface area (TPSA) is 34.1 Å². The lowest BCUT2D eigenvalue weighted by Gasteiger charge is -2.32. The van der Waals surface area contributed by atoms with Gasteiger partial charge in [-0.15, -0.1) is 0 Å². The van der Waals surface area contributed by atoms with Gasteiger partial charge in [-0.3, -0.25) is 0 Å². The lowest BCUT2D eigenvalue weighted by molar-refractivity contribution is 0.312. The normalized spacial score (nSPS) is 23.7. The van der Waals surface area contributed by atoms with E-state index < -0.39 is 0 Å². The third kappa shape index (κ3) is 3.15. The Balaban J connectivity index is 2.07. The molecule has 0 radical (unpaired) electrons. The molecule has 0 aromatic carbocycles. The van der Waals surface area contributed by atoms with Crippen molar-refractivity contribution in [2.24, 2.45) is 5.92 Å². The van der Waals surface area contributed by atoms with Crippen LogP contribution in [0.4, 0.5) is 5.82 Å². The van der Waals surface area contributed by atoms with Gasteiger partial charge in [-0.25, -0.2) is 4.98 Å². The number of anilines is 1. The molecule has 2 atom stereocenters. The predicted octanol–water partition coefficient (Wildman–Crippen LogP) is 3.86. The molecule has 0 saturated heterocycles. The molecule has 0 spiro atoms. The van der Waals surface area contributed by atoms with E-state index in [1.54, 1.807) is 0 Å². The summed E-state index contributed by atoms with van der Waals surface area (Å²) in [4.78, 5) is 4.42. The quantitative estimate of drug-likeness (QED) is 0.859. The molecule has 1 aliphatic rings.